The fourth-order valence-electron chi connectivity index (χ4n) is 1.80. The fraction of sp³-hybridized carbons (Fsp3) is 0.571. The fourth-order valence-corrected chi connectivity index (χ4v) is 1.80. The Balaban J connectivity index is 2.52. The van der Waals surface area contributed by atoms with E-state index in [2.05, 4.69) is 57.0 Å². The number of hydrogen-bond acceptors (Lipinski definition) is 2. The molecule has 0 radical (unpaired) electrons. The Morgan fingerprint density at radius 3 is 2.44 bits per heavy atom. The topological polar surface area (TPSA) is 29.3 Å². The molecule has 90 valence electrons. The van der Waals surface area contributed by atoms with Gasteiger partial charge in [-0.3, -0.25) is 0 Å². The summed E-state index contributed by atoms with van der Waals surface area (Å²) in [5.41, 5.74) is 8.65. The van der Waals surface area contributed by atoms with Crippen LogP contribution in [-0.4, -0.2) is 24.5 Å². The van der Waals surface area contributed by atoms with Gasteiger partial charge in [-0.1, -0.05) is 31.2 Å². The van der Waals surface area contributed by atoms with Crippen molar-refractivity contribution in [1.82, 2.24) is 4.90 Å². The monoisotopic (exact) mass is 220 g/mol. The van der Waals surface area contributed by atoms with Gasteiger partial charge in [-0.15, -0.1) is 0 Å². The predicted molar refractivity (Wildman–Crippen MR) is 70.3 cm³/mol. The highest BCUT2D eigenvalue weighted by atomic mass is 15.1. The van der Waals surface area contributed by atoms with Gasteiger partial charge in [0.2, 0.25) is 0 Å². The maximum atomic E-state index is 5.88. The number of nitrogens with zero attached hydrogens (tertiary/aromatic N) is 1. The van der Waals surface area contributed by atoms with E-state index in [-0.39, 0.29) is 6.04 Å². The van der Waals surface area contributed by atoms with Crippen molar-refractivity contribution in [2.45, 2.75) is 33.4 Å². The van der Waals surface area contributed by atoms with Gasteiger partial charge in [0.1, 0.15) is 0 Å². The molecule has 1 aromatic carbocycles. The Bertz CT molecular complexity index is 320. The van der Waals surface area contributed by atoms with Crippen LogP contribution in [0.15, 0.2) is 24.3 Å². The van der Waals surface area contributed by atoms with Crippen LogP contribution in [0, 0.1) is 12.8 Å². The van der Waals surface area contributed by atoms with E-state index in [4.69, 9.17) is 5.73 Å². The molecule has 0 aliphatic carbocycles. The van der Waals surface area contributed by atoms with E-state index >= 15 is 0 Å². The van der Waals surface area contributed by atoms with Crippen LogP contribution in [0.4, 0.5) is 0 Å². The number of benzene rings is 1. The Labute approximate surface area is 99.5 Å². The molecule has 0 bridgehead atoms. The summed E-state index contributed by atoms with van der Waals surface area (Å²) in [6.07, 6.45) is 0. The molecule has 0 spiro atoms. The Morgan fingerprint density at radius 2 is 1.88 bits per heavy atom. The first-order valence-corrected chi connectivity index (χ1v) is 5.99. The van der Waals surface area contributed by atoms with Gasteiger partial charge in [-0.2, -0.15) is 0 Å². The smallest absolute Gasteiger partial charge is 0.0233 e. The predicted octanol–water partition coefficient (Wildman–Crippen LogP) is 2.41. The highest BCUT2D eigenvalue weighted by Crippen LogP contribution is 2.11. The molecule has 0 aromatic heterocycles. The lowest BCUT2D eigenvalue weighted by Gasteiger charge is -2.24. The van der Waals surface area contributed by atoms with Crippen molar-refractivity contribution in [3.05, 3.63) is 35.4 Å². The molecule has 0 heterocycles. The summed E-state index contributed by atoms with van der Waals surface area (Å²) in [6.45, 7) is 8.50. The SMILES string of the molecule is Cc1ccccc1CN(C)CC(C)C(C)N. The Kier molecular flexibility index (Phi) is 4.97. The largest absolute Gasteiger partial charge is 0.328 e. The summed E-state index contributed by atoms with van der Waals surface area (Å²) in [5.74, 6) is 0.536. The molecule has 0 aliphatic rings. The number of nitrogens with two attached hydrogens (primary N) is 1. The number of hydrogen-bond donors (Lipinski definition) is 1. The molecule has 2 nitrogen and oxygen atoms in total. The lowest BCUT2D eigenvalue weighted by molar-refractivity contribution is 0.261. The zero-order valence-electron chi connectivity index (χ0n) is 10.9. The van der Waals surface area contributed by atoms with Crippen molar-refractivity contribution in [1.29, 1.82) is 0 Å². The van der Waals surface area contributed by atoms with Crippen LogP contribution < -0.4 is 5.73 Å². The number of aryl methyl sites for hydroxylation is 1. The standard InChI is InChI=1S/C14H24N2/c1-11-7-5-6-8-14(11)10-16(4)9-12(2)13(3)15/h5-8,12-13H,9-10,15H2,1-4H3. The Hall–Kier alpha value is -0.860. The first kappa shape index (κ1) is 13.2. The van der Waals surface area contributed by atoms with Crippen molar-refractivity contribution in [3.8, 4) is 0 Å². The minimum Gasteiger partial charge on any atom is -0.328 e. The van der Waals surface area contributed by atoms with Crippen LogP contribution in [0.1, 0.15) is 25.0 Å². The van der Waals surface area contributed by atoms with E-state index < -0.39 is 0 Å². The summed E-state index contributed by atoms with van der Waals surface area (Å²) in [5, 5.41) is 0. The highest BCUT2D eigenvalue weighted by molar-refractivity contribution is 5.25. The van der Waals surface area contributed by atoms with E-state index in [0.29, 0.717) is 5.92 Å². The zero-order valence-corrected chi connectivity index (χ0v) is 10.9. The molecule has 1 aromatic rings. The Morgan fingerprint density at radius 1 is 1.25 bits per heavy atom. The van der Waals surface area contributed by atoms with Crippen LogP contribution in [-0.2, 0) is 6.54 Å². The average molecular weight is 220 g/mol. The van der Waals surface area contributed by atoms with E-state index in [9.17, 15) is 0 Å². The molecule has 2 heteroatoms. The van der Waals surface area contributed by atoms with Crippen LogP contribution in [0.2, 0.25) is 0 Å². The summed E-state index contributed by atoms with van der Waals surface area (Å²) in [6, 6.07) is 8.81. The van der Waals surface area contributed by atoms with Gasteiger partial charge in [0.05, 0.1) is 0 Å². The van der Waals surface area contributed by atoms with E-state index in [0.717, 1.165) is 13.1 Å². The molecule has 16 heavy (non-hydrogen) atoms. The molecular formula is C14H24N2. The minimum atomic E-state index is 0.263. The van der Waals surface area contributed by atoms with Crippen LogP contribution in [0.25, 0.3) is 0 Å². The second kappa shape index (κ2) is 6.02. The summed E-state index contributed by atoms with van der Waals surface area (Å²) in [7, 11) is 2.16. The highest BCUT2D eigenvalue weighted by Gasteiger charge is 2.11. The van der Waals surface area contributed by atoms with Gasteiger partial charge in [-0.05, 0) is 37.9 Å². The molecule has 2 N–H and O–H groups in total. The lowest BCUT2D eigenvalue weighted by atomic mass is 10.0. The summed E-state index contributed by atoms with van der Waals surface area (Å²) >= 11 is 0. The van der Waals surface area contributed by atoms with Gasteiger partial charge >= 0.3 is 0 Å². The van der Waals surface area contributed by atoms with E-state index in [1.54, 1.807) is 0 Å². The van der Waals surface area contributed by atoms with Crippen LogP contribution in [0.3, 0.4) is 0 Å². The minimum absolute atomic E-state index is 0.263. The molecule has 2 unspecified atom stereocenters. The molecule has 0 fully saturated rings. The second-order valence-corrected chi connectivity index (χ2v) is 4.96. The molecular weight excluding hydrogens is 196 g/mol. The van der Waals surface area contributed by atoms with Gasteiger partial charge in [0.15, 0.2) is 0 Å². The van der Waals surface area contributed by atoms with Gasteiger partial charge < -0.3 is 10.6 Å². The summed E-state index contributed by atoms with van der Waals surface area (Å²) < 4.78 is 0. The molecule has 0 saturated heterocycles. The lowest BCUT2D eigenvalue weighted by Crippen LogP contribution is -2.34. The molecule has 2 atom stereocenters. The van der Waals surface area contributed by atoms with Crippen molar-refractivity contribution < 1.29 is 0 Å². The third kappa shape index (κ3) is 3.95. The quantitative estimate of drug-likeness (QED) is 0.825. The van der Waals surface area contributed by atoms with Gasteiger partial charge in [0.25, 0.3) is 0 Å². The maximum Gasteiger partial charge on any atom is 0.0233 e. The number of rotatable bonds is 5. The van der Waals surface area contributed by atoms with Gasteiger partial charge in [0, 0.05) is 19.1 Å². The summed E-state index contributed by atoms with van der Waals surface area (Å²) in [4.78, 5) is 2.34. The molecule has 1 rings (SSSR count). The molecule has 0 amide bonds. The third-order valence-corrected chi connectivity index (χ3v) is 3.20. The third-order valence-electron chi connectivity index (χ3n) is 3.20. The van der Waals surface area contributed by atoms with E-state index in [1.165, 1.54) is 11.1 Å². The van der Waals surface area contributed by atoms with Crippen molar-refractivity contribution in [2.75, 3.05) is 13.6 Å². The van der Waals surface area contributed by atoms with E-state index in [1.807, 2.05) is 0 Å². The average Bonchev–Trinajstić information content (AvgIpc) is 2.21. The van der Waals surface area contributed by atoms with Crippen molar-refractivity contribution in [3.63, 3.8) is 0 Å². The first-order chi connectivity index (χ1) is 7.50. The normalized spacial score (nSPS) is 15.1. The molecule has 0 aliphatic heterocycles. The molecule has 0 saturated carbocycles. The van der Waals surface area contributed by atoms with Crippen LogP contribution >= 0.6 is 0 Å². The van der Waals surface area contributed by atoms with Crippen molar-refractivity contribution in [2.24, 2.45) is 11.7 Å². The first-order valence-electron chi connectivity index (χ1n) is 5.99. The van der Waals surface area contributed by atoms with Crippen molar-refractivity contribution >= 4 is 0 Å². The van der Waals surface area contributed by atoms with Gasteiger partial charge in [-0.25, -0.2) is 0 Å². The maximum absolute atomic E-state index is 5.88. The van der Waals surface area contributed by atoms with Crippen LogP contribution in [0.5, 0.6) is 0 Å². The zero-order chi connectivity index (χ0) is 12.1. The second-order valence-electron chi connectivity index (χ2n) is 4.96.